The van der Waals surface area contributed by atoms with Gasteiger partial charge < -0.3 is 28.8 Å². The van der Waals surface area contributed by atoms with Crippen LogP contribution < -0.4 is 23.7 Å². The van der Waals surface area contributed by atoms with Crippen molar-refractivity contribution in [2.75, 3.05) is 0 Å². The van der Waals surface area contributed by atoms with Crippen LogP contribution in [0.25, 0.3) is 0 Å². The number of rotatable bonds is 24. The van der Waals surface area contributed by atoms with Gasteiger partial charge >= 0.3 is 35.1 Å². The Hall–Kier alpha value is -13.9. The van der Waals surface area contributed by atoms with Gasteiger partial charge in [-0.05, 0) is 263 Å². The minimum atomic E-state index is -5.98. The third-order valence-corrected chi connectivity index (χ3v) is 21.5. The van der Waals surface area contributed by atoms with Gasteiger partial charge in [0.25, 0.3) is 0 Å². The van der Waals surface area contributed by atoms with Gasteiger partial charge in [-0.15, -0.1) is 0 Å². The fourth-order valence-corrected chi connectivity index (χ4v) is 15.3. The number of hydrogen-bond acceptors (Lipinski definition) is 12. The van der Waals surface area contributed by atoms with Crippen LogP contribution in [-0.4, -0.2) is 67.3 Å². The van der Waals surface area contributed by atoms with Crippen LogP contribution in [0.2, 0.25) is 0 Å². The van der Waals surface area contributed by atoms with E-state index in [1.54, 1.807) is 48.5 Å². The second kappa shape index (κ2) is 34.5. The summed E-state index contributed by atoms with van der Waals surface area (Å²) in [5, 5.41) is 9.58. The molecular weight excluding hydrogens is 1650 g/mol. The molecule has 14 rings (SSSR count). The van der Waals surface area contributed by atoms with E-state index >= 15 is 26.3 Å². The monoisotopic (exact) mass is 1710 g/mol. The number of ketones is 2. The molecule has 0 fully saturated rings. The lowest BCUT2D eigenvalue weighted by Gasteiger charge is -2.38. The Labute approximate surface area is 688 Å². The number of phenols is 1. The number of sulfone groups is 1. The van der Waals surface area contributed by atoms with E-state index in [9.17, 15) is 53.8 Å². The molecule has 0 bridgehead atoms. The van der Waals surface area contributed by atoms with E-state index in [4.69, 9.17) is 41.2 Å². The number of carbonyl (C=O) groups excluding carboxylic acids is 2. The Kier molecular flexibility index (Phi) is 24.3. The molecule has 14 aromatic rings. The van der Waals surface area contributed by atoms with Crippen molar-refractivity contribution in [3.8, 4) is 63.2 Å². The number of alkyl halides is 12. The molecule has 0 amide bonds. The molecule has 0 radical (unpaired) electrons. The van der Waals surface area contributed by atoms with Crippen LogP contribution in [0.3, 0.4) is 0 Å². The van der Waals surface area contributed by atoms with E-state index in [-0.39, 0.29) is 61.2 Å². The number of phenolic OH excluding ortho intramolecular Hbond substituents is 1. The lowest BCUT2D eigenvalue weighted by atomic mass is 9.65. The van der Waals surface area contributed by atoms with E-state index < -0.39 is 101 Å². The highest BCUT2D eigenvalue weighted by molar-refractivity contribution is 7.91. The highest BCUT2D eigenvalue weighted by atomic mass is 32.3. The van der Waals surface area contributed by atoms with Crippen molar-refractivity contribution >= 4 is 31.8 Å². The molecule has 29 heteroatoms. The van der Waals surface area contributed by atoms with Crippen molar-refractivity contribution in [2.24, 2.45) is 0 Å². The summed E-state index contributed by atoms with van der Waals surface area (Å²) in [4.78, 5) is 26.3. The molecule has 0 saturated heterocycles. The summed E-state index contributed by atoms with van der Waals surface area (Å²) in [5.41, 5.74) is -9.70. The van der Waals surface area contributed by atoms with Crippen LogP contribution >= 0.6 is 0 Å². The van der Waals surface area contributed by atoms with Crippen LogP contribution in [-0.2, 0) is 36.5 Å². The highest BCUT2D eigenvalue weighted by Crippen LogP contribution is 2.59. The van der Waals surface area contributed by atoms with Gasteiger partial charge in [-0.1, -0.05) is 133 Å². The average molecular weight is 1710 g/mol. The number of carbonyl (C=O) groups is 2. The Bertz CT molecular complexity index is 6160. The van der Waals surface area contributed by atoms with Gasteiger partial charge in [0, 0.05) is 22.3 Å². The molecule has 3 N–H and O–H groups in total. The van der Waals surface area contributed by atoms with Crippen molar-refractivity contribution in [1.82, 2.24) is 0 Å². The lowest BCUT2D eigenvalue weighted by molar-refractivity contribution is -0.290. The van der Waals surface area contributed by atoms with Gasteiger partial charge in [-0.3, -0.25) is 18.7 Å². The van der Waals surface area contributed by atoms with Crippen molar-refractivity contribution in [1.29, 1.82) is 0 Å². The summed E-state index contributed by atoms with van der Waals surface area (Å²) in [6.07, 6.45) is -23.8. The molecule has 14 aromatic carbocycles. The van der Waals surface area contributed by atoms with Crippen LogP contribution in [0.1, 0.15) is 76.4 Å². The largest absolute Gasteiger partial charge is 0.508 e. The Morgan fingerprint density at radius 2 is 0.426 bits per heavy atom. The SMILES string of the molecule is O=C(c1ccc(F)cc1)c1ccc(Oc2ccc(C(c3ccccc3)(c3ccccc3)c3ccc(Oc4ccc(C(=O)c5ccc(Oc6ccc(C(c7ccc(Oc8ccc(S(=O)(=O)c9ccc(Oc%10ccc(C(c%11ccc(O)cc%11)(C(F)(F)F)C(F)(F)F)cc%10)cc9)cc8)cc7)(C(F)(F)F)C(F)(F)F)cc6)cc5)cc4)cc3)cc2)cc1.O=S(=O)(O)O. The predicted octanol–water partition coefficient (Wildman–Crippen LogP) is 24.3. The van der Waals surface area contributed by atoms with Gasteiger partial charge in [-0.25, -0.2) is 12.8 Å². The zero-order valence-corrected chi connectivity index (χ0v) is 64.2. The Morgan fingerprint density at radius 1 is 0.246 bits per heavy atom. The molecule has 122 heavy (non-hydrogen) atoms. The quantitative estimate of drug-likeness (QED) is 0.0223. The van der Waals surface area contributed by atoms with Gasteiger partial charge in [0.15, 0.2) is 11.6 Å². The van der Waals surface area contributed by atoms with E-state index in [2.05, 4.69) is 24.3 Å². The Balaban J connectivity index is 0.00000249. The maximum Gasteiger partial charge on any atom is 0.411 e. The zero-order chi connectivity index (χ0) is 87.2. The summed E-state index contributed by atoms with van der Waals surface area (Å²) >= 11 is 0. The van der Waals surface area contributed by atoms with Gasteiger partial charge in [0.1, 0.15) is 69.1 Å². The van der Waals surface area contributed by atoms with Crippen LogP contribution in [0, 0.1) is 5.82 Å². The van der Waals surface area contributed by atoms with Crippen molar-refractivity contribution in [2.45, 2.75) is 50.7 Å². The molecule has 620 valence electrons. The van der Waals surface area contributed by atoms with Gasteiger partial charge in [-0.2, -0.15) is 61.1 Å². The standard InChI is InChI=1S/C93H59F13O10S.H2O4S/c94-71-31-11-59(12-32-71)85(108)60-13-35-73(36-14-60)112-76-41-21-65(22-42-76)87(63-7-3-1-4-8-63,64-9-5-2-6-10-64)66-23-43-77(44-24-66)113-74-37-15-61(16-38-74)86(109)62-17-39-75(40-18-62)114-78-45-27-69(28-46-78)89(92(101,102)103,93(104,105)106)70-29-49-80(50-30-70)116-82-53-57-84(58-54-82)117(110,111)83-55-51-81(52-56-83)115-79-47-25-68(26-48-79)88(90(95,96)97,91(98,99)100)67-19-33-72(107)34-20-67;1-5(2,3)4/h1-58,107H;(H2,1,2,3,4). The number of hydrogen-bond donors (Lipinski definition) is 3. The first-order valence-electron chi connectivity index (χ1n) is 36.2. The summed E-state index contributed by atoms with van der Waals surface area (Å²) < 4.78 is 282. The maximum absolute atomic E-state index is 15.3. The fraction of sp³-hybridized carbons (Fsp3) is 0.0753. The minimum absolute atomic E-state index is 0.0720. The molecule has 0 aliphatic heterocycles. The van der Waals surface area contributed by atoms with E-state index in [1.165, 1.54) is 72.8 Å². The molecular formula is C93H61F13O14S2. The molecule has 0 atom stereocenters. The summed E-state index contributed by atoms with van der Waals surface area (Å²) in [6.45, 7) is 0. The fourth-order valence-electron chi connectivity index (χ4n) is 14.1. The molecule has 0 heterocycles. The first-order chi connectivity index (χ1) is 57.8. The molecule has 14 nitrogen and oxygen atoms in total. The number of ether oxygens (including phenoxy) is 5. The molecule has 0 aliphatic carbocycles. The number of benzene rings is 14. The highest BCUT2D eigenvalue weighted by Gasteiger charge is 2.74. The first-order valence-corrected chi connectivity index (χ1v) is 39.1. The molecule has 0 spiro atoms. The molecule has 0 unspecified atom stereocenters. The third-order valence-electron chi connectivity index (χ3n) is 19.8. The minimum Gasteiger partial charge on any atom is -0.508 e. The second-order valence-electron chi connectivity index (χ2n) is 27.3. The Morgan fingerprint density at radius 3 is 0.648 bits per heavy atom. The lowest BCUT2D eigenvalue weighted by Crippen LogP contribution is -2.54. The average Bonchev–Trinajstić information content (AvgIpc) is 0.720. The van der Waals surface area contributed by atoms with Crippen molar-refractivity contribution < 1.29 is 121 Å². The number of halogens is 13. The summed E-state index contributed by atoms with van der Waals surface area (Å²) in [6, 6.07) is 80.2. The van der Waals surface area contributed by atoms with Crippen LogP contribution in [0.15, 0.2) is 362 Å². The van der Waals surface area contributed by atoms with Crippen LogP contribution in [0.5, 0.6) is 63.2 Å². The zero-order valence-electron chi connectivity index (χ0n) is 62.5. The molecule has 0 saturated carbocycles. The van der Waals surface area contributed by atoms with Gasteiger partial charge in [0.05, 0.1) is 15.2 Å². The van der Waals surface area contributed by atoms with E-state index in [1.807, 2.05) is 84.9 Å². The first kappa shape index (κ1) is 86.0. The van der Waals surface area contributed by atoms with Gasteiger partial charge in [0.2, 0.25) is 20.7 Å². The maximum atomic E-state index is 15.3. The topological polar surface area (TPSA) is 209 Å². The van der Waals surface area contributed by atoms with Crippen molar-refractivity contribution in [3.05, 3.63) is 424 Å². The summed E-state index contributed by atoms with van der Waals surface area (Å²) in [7, 11) is -8.99. The second-order valence-corrected chi connectivity index (χ2v) is 30.1. The van der Waals surface area contributed by atoms with Crippen molar-refractivity contribution in [3.63, 3.8) is 0 Å². The molecule has 0 aromatic heterocycles. The normalized spacial score (nSPS) is 12.3. The summed E-state index contributed by atoms with van der Waals surface area (Å²) in [5.74, 6) is -0.345. The molecule has 0 aliphatic rings. The predicted molar refractivity (Wildman–Crippen MR) is 423 cm³/mol. The third kappa shape index (κ3) is 18.2. The van der Waals surface area contributed by atoms with Crippen LogP contribution in [0.4, 0.5) is 57.1 Å². The smallest absolute Gasteiger partial charge is 0.411 e. The van der Waals surface area contributed by atoms with E-state index in [0.717, 1.165) is 82.9 Å². The van der Waals surface area contributed by atoms with E-state index in [0.29, 0.717) is 94.8 Å². The number of aromatic hydroxyl groups is 1.